The van der Waals surface area contributed by atoms with Crippen LogP contribution >= 0.6 is 24.0 Å². The Morgan fingerprint density at radius 1 is 1.13 bits per heavy atom. The summed E-state index contributed by atoms with van der Waals surface area (Å²) in [6.07, 6.45) is 11.8. The molecule has 0 saturated carbocycles. The van der Waals surface area contributed by atoms with Gasteiger partial charge in [-0.1, -0.05) is 12.3 Å². The molecule has 0 aromatic heterocycles. The van der Waals surface area contributed by atoms with E-state index in [1.165, 1.54) is 58.3 Å². The molecule has 2 aliphatic rings. The van der Waals surface area contributed by atoms with Gasteiger partial charge in [0.15, 0.2) is 5.96 Å². The van der Waals surface area contributed by atoms with E-state index in [4.69, 9.17) is 6.42 Å². The summed E-state index contributed by atoms with van der Waals surface area (Å²) in [4.78, 5) is 9.44. The lowest BCUT2D eigenvalue weighted by Gasteiger charge is -2.50. The molecule has 0 unspecified atom stereocenters. The van der Waals surface area contributed by atoms with Gasteiger partial charge in [-0.2, -0.15) is 0 Å². The van der Waals surface area contributed by atoms with E-state index in [0.29, 0.717) is 6.54 Å². The maximum Gasteiger partial charge on any atom is 0.191 e. The molecule has 2 rings (SSSR count). The lowest BCUT2D eigenvalue weighted by Crippen LogP contribution is -2.62. The van der Waals surface area contributed by atoms with Crippen molar-refractivity contribution < 1.29 is 0 Å². The monoisotopic (exact) mass is 433 g/mol. The Kier molecular flexibility index (Phi) is 9.25. The van der Waals surface area contributed by atoms with Gasteiger partial charge in [-0.05, 0) is 58.9 Å². The lowest BCUT2D eigenvalue weighted by molar-refractivity contribution is 0.0173. The zero-order valence-electron chi connectivity index (χ0n) is 14.6. The Morgan fingerprint density at radius 3 is 2.35 bits per heavy atom. The SMILES string of the molecule is C#CCNC(=NC)NCC1(N2CCCCC2)CCN(C)CC1.I. The van der Waals surface area contributed by atoms with Crippen molar-refractivity contribution in [3.05, 3.63) is 0 Å². The van der Waals surface area contributed by atoms with Gasteiger partial charge < -0.3 is 15.5 Å². The third-order valence-corrected chi connectivity index (χ3v) is 5.11. The second-order valence-corrected chi connectivity index (χ2v) is 6.56. The number of hydrogen-bond acceptors (Lipinski definition) is 3. The van der Waals surface area contributed by atoms with Crippen LogP contribution in [0, 0.1) is 12.3 Å². The van der Waals surface area contributed by atoms with Crippen molar-refractivity contribution in [1.82, 2.24) is 20.4 Å². The second-order valence-electron chi connectivity index (χ2n) is 6.56. The smallest absolute Gasteiger partial charge is 0.191 e. The molecule has 2 heterocycles. The number of halogens is 1. The van der Waals surface area contributed by atoms with Crippen molar-refractivity contribution in [2.75, 3.05) is 53.4 Å². The Morgan fingerprint density at radius 2 is 1.78 bits per heavy atom. The van der Waals surface area contributed by atoms with Gasteiger partial charge in [-0.25, -0.2) is 0 Å². The Hall–Kier alpha value is -0.520. The molecule has 0 atom stereocenters. The fraction of sp³-hybridized carbons (Fsp3) is 0.824. The van der Waals surface area contributed by atoms with Crippen molar-refractivity contribution in [2.24, 2.45) is 4.99 Å². The zero-order chi connectivity index (χ0) is 15.8. The summed E-state index contributed by atoms with van der Waals surface area (Å²) in [5, 5.41) is 6.67. The van der Waals surface area contributed by atoms with Gasteiger partial charge in [0.1, 0.15) is 0 Å². The van der Waals surface area contributed by atoms with Crippen molar-refractivity contribution in [1.29, 1.82) is 0 Å². The molecule has 5 nitrogen and oxygen atoms in total. The number of piperidine rings is 2. The van der Waals surface area contributed by atoms with Gasteiger partial charge in [0.2, 0.25) is 0 Å². The molecular formula is C17H32IN5. The molecule has 0 aromatic carbocycles. The maximum atomic E-state index is 5.32. The predicted molar refractivity (Wildman–Crippen MR) is 108 cm³/mol. The number of terminal acetylenes is 1. The molecule has 0 bridgehead atoms. The molecule has 0 radical (unpaired) electrons. The molecule has 23 heavy (non-hydrogen) atoms. The molecule has 6 heteroatoms. The third kappa shape index (κ3) is 5.80. The van der Waals surface area contributed by atoms with Crippen LogP contribution in [0.2, 0.25) is 0 Å². The Balaban J connectivity index is 0.00000264. The van der Waals surface area contributed by atoms with Crippen LogP contribution in [0.1, 0.15) is 32.1 Å². The molecular weight excluding hydrogens is 401 g/mol. The normalized spacial score (nSPS) is 22.7. The Bertz CT molecular complexity index is 404. The first-order chi connectivity index (χ1) is 10.7. The summed E-state index contributed by atoms with van der Waals surface area (Å²) in [6.45, 7) is 6.29. The molecule has 0 aliphatic carbocycles. The topological polar surface area (TPSA) is 42.9 Å². The highest BCUT2D eigenvalue weighted by atomic mass is 127. The first-order valence-corrected chi connectivity index (χ1v) is 8.52. The highest BCUT2D eigenvalue weighted by Gasteiger charge is 2.39. The van der Waals surface area contributed by atoms with Crippen molar-refractivity contribution in [2.45, 2.75) is 37.6 Å². The minimum absolute atomic E-state index is 0. The number of guanidine groups is 1. The summed E-state index contributed by atoms with van der Waals surface area (Å²) in [6, 6.07) is 0. The Labute approximate surface area is 158 Å². The van der Waals surface area contributed by atoms with E-state index < -0.39 is 0 Å². The van der Waals surface area contributed by atoms with Crippen LogP contribution < -0.4 is 10.6 Å². The highest BCUT2D eigenvalue weighted by molar-refractivity contribution is 14.0. The maximum absolute atomic E-state index is 5.32. The van der Waals surface area contributed by atoms with Crippen LogP contribution in [0.15, 0.2) is 4.99 Å². The molecule has 2 N–H and O–H groups in total. The van der Waals surface area contributed by atoms with Crippen LogP contribution in [-0.4, -0.2) is 74.7 Å². The minimum Gasteiger partial charge on any atom is -0.355 e. The fourth-order valence-electron chi connectivity index (χ4n) is 3.61. The first kappa shape index (κ1) is 20.5. The molecule has 132 valence electrons. The number of nitrogens with zero attached hydrogens (tertiary/aromatic N) is 3. The summed E-state index contributed by atoms with van der Waals surface area (Å²) >= 11 is 0. The van der Waals surface area contributed by atoms with E-state index in [1.54, 1.807) is 7.05 Å². The second kappa shape index (κ2) is 10.4. The van der Waals surface area contributed by atoms with E-state index in [-0.39, 0.29) is 29.5 Å². The van der Waals surface area contributed by atoms with Crippen molar-refractivity contribution in [3.8, 4) is 12.3 Å². The molecule has 2 aliphatic heterocycles. The van der Waals surface area contributed by atoms with Crippen LogP contribution in [0.4, 0.5) is 0 Å². The number of rotatable bonds is 4. The first-order valence-electron chi connectivity index (χ1n) is 8.52. The van der Waals surface area contributed by atoms with Crippen LogP contribution in [0.3, 0.4) is 0 Å². The lowest BCUT2D eigenvalue weighted by atomic mass is 9.84. The quantitative estimate of drug-likeness (QED) is 0.304. The van der Waals surface area contributed by atoms with E-state index in [2.05, 4.69) is 38.4 Å². The van der Waals surface area contributed by atoms with Gasteiger partial charge in [0.25, 0.3) is 0 Å². The zero-order valence-corrected chi connectivity index (χ0v) is 16.9. The molecule has 2 fully saturated rings. The average Bonchev–Trinajstić information content (AvgIpc) is 2.58. The summed E-state index contributed by atoms with van der Waals surface area (Å²) in [5.74, 6) is 3.41. The van der Waals surface area contributed by atoms with E-state index in [1.807, 2.05) is 0 Å². The molecule has 2 saturated heterocycles. The van der Waals surface area contributed by atoms with Crippen LogP contribution in [-0.2, 0) is 0 Å². The standard InChI is InChI=1S/C17H31N5.HI/c1-4-10-19-16(18-2)20-15-17(8-13-21(3)14-9-17)22-11-6-5-7-12-22;/h1H,5-15H2,2-3H3,(H2,18,19,20);1H. The van der Waals surface area contributed by atoms with E-state index in [9.17, 15) is 0 Å². The largest absolute Gasteiger partial charge is 0.355 e. The number of likely N-dealkylation sites (tertiary alicyclic amines) is 2. The summed E-state index contributed by atoms with van der Waals surface area (Å²) in [7, 11) is 4.02. The molecule has 0 aromatic rings. The predicted octanol–water partition coefficient (Wildman–Crippen LogP) is 1.35. The number of aliphatic imine (C=N–C) groups is 1. The average molecular weight is 433 g/mol. The summed E-state index contributed by atoms with van der Waals surface area (Å²) in [5.41, 5.74) is 0.265. The molecule has 0 spiro atoms. The summed E-state index contributed by atoms with van der Waals surface area (Å²) < 4.78 is 0. The highest BCUT2D eigenvalue weighted by Crippen LogP contribution is 2.30. The van der Waals surface area contributed by atoms with Crippen molar-refractivity contribution >= 4 is 29.9 Å². The van der Waals surface area contributed by atoms with Gasteiger partial charge in [0.05, 0.1) is 6.54 Å². The van der Waals surface area contributed by atoms with Gasteiger partial charge >= 0.3 is 0 Å². The van der Waals surface area contributed by atoms with Gasteiger partial charge in [-0.3, -0.25) is 9.89 Å². The van der Waals surface area contributed by atoms with E-state index in [0.717, 1.165) is 12.5 Å². The van der Waals surface area contributed by atoms with Gasteiger partial charge in [-0.15, -0.1) is 30.4 Å². The minimum atomic E-state index is 0. The molecule has 0 amide bonds. The van der Waals surface area contributed by atoms with Crippen molar-refractivity contribution in [3.63, 3.8) is 0 Å². The number of hydrogen-bond donors (Lipinski definition) is 2. The van der Waals surface area contributed by atoms with Crippen LogP contribution in [0.5, 0.6) is 0 Å². The fourth-order valence-corrected chi connectivity index (χ4v) is 3.61. The third-order valence-electron chi connectivity index (χ3n) is 5.11. The van der Waals surface area contributed by atoms with Gasteiger partial charge in [0, 0.05) is 19.1 Å². The van der Waals surface area contributed by atoms with Crippen LogP contribution in [0.25, 0.3) is 0 Å². The number of nitrogens with one attached hydrogen (secondary N) is 2. The van der Waals surface area contributed by atoms with E-state index >= 15 is 0 Å².